The lowest BCUT2D eigenvalue weighted by atomic mass is 9.85. The van der Waals surface area contributed by atoms with Gasteiger partial charge in [0.05, 0.1) is 24.8 Å². The summed E-state index contributed by atoms with van der Waals surface area (Å²) in [5, 5.41) is 1.54. The molecule has 27 heavy (non-hydrogen) atoms. The van der Waals surface area contributed by atoms with Gasteiger partial charge in [-0.2, -0.15) is 0 Å². The topological polar surface area (TPSA) is 61.8 Å². The van der Waals surface area contributed by atoms with E-state index in [1.54, 1.807) is 7.11 Å². The van der Waals surface area contributed by atoms with Crippen molar-refractivity contribution in [2.75, 3.05) is 14.2 Å². The summed E-state index contributed by atoms with van der Waals surface area (Å²) in [7, 11) is 2.97. The molecule has 5 heteroatoms. The summed E-state index contributed by atoms with van der Waals surface area (Å²) in [5.41, 5.74) is 4.01. The van der Waals surface area contributed by atoms with E-state index in [9.17, 15) is 9.59 Å². The highest BCUT2D eigenvalue weighted by Crippen LogP contribution is 2.42. The number of hydrogen-bond acceptors (Lipinski definition) is 5. The van der Waals surface area contributed by atoms with Crippen molar-refractivity contribution < 1.29 is 23.8 Å². The highest BCUT2D eigenvalue weighted by Gasteiger charge is 2.34. The molecule has 0 aromatic heterocycles. The maximum Gasteiger partial charge on any atom is 0.339 e. The van der Waals surface area contributed by atoms with E-state index in [1.165, 1.54) is 7.11 Å². The third kappa shape index (κ3) is 2.67. The molecule has 0 saturated heterocycles. The lowest BCUT2D eigenvalue weighted by Gasteiger charge is -2.17. The lowest BCUT2D eigenvalue weighted by Crippen LogP contribution is -2.09. The fourth-order valence-electron chi connectivity index (χ4n) is 3.73. The van der Waals surface area contributed by atoms with E-state index in [1.807, 2.05) is 48.5 Å². The fourth-order valence-corrected chi connectivity index (χ4v) is 3.73. The molecule has 0 atom stereocenters. The standard InChI is InChI=1S/C22H18O5/c1-25-11-13-7-3-4-8-14(13)18-15-9-5-6-10-16(15)19(21(23)26-2)17-12-27-22(24)20(17)18/h3-10H,11-12H2,1-2H3. The van der Waals surface area contributed by atoms with Gasteiger partial charge in [-0.05, 0) is 21.9 Å². The Morgan fingerprint density at radius 1 is 1.00 bits per heavy atom. The fraction of sp³-hybridized carbons (Fsp3) is 0.182. The molecular weight excluding hydrogens is 344 g/mol. The number of rotatable bonds is 4. The first kappa shape index (κ1) is 17.2. The minimum Gasteiger partial charge on any atom is -0.465 e. The van der Waals surface area contributed by atoms with Gasteiger partial charge < -0.3 is 14.2 Å². The molecule has 0 fully saturated rings. The third-order valence-corrected chi connectivity index (χ3v) is 4.85. The van der Waals surface area contributed by atoms with Crippen LogP contribution in [0.4, 0.5) is 0 Å². The maximum atomic E-state index is 12.6. The summed E-state index contributed by atoms with van der Waals surface area (Å²) >= 11 is 0. The van der Waals surface area contributed by atoms with Crippen LogP contribution in [0.25, 0.3) is 21.9 Å². The molecule has 136 valence electrons. The van der Waals surface area contributed by atoms with Gasteiger partial charge in [-0.1, -0.05) is 48.5 Å². The van der Waals surface area contributed by atoms with E-state index in [0.717, 1.165) is 27.5 Å². The van der Waals surface area contributed by atoms with Crippen molar-refractivity contribution in [1.29, 1.82) is 0 Å². The Morgan fingerprint density at radius 2 is 1.70 bits per heavy atom. The van der Waals surface area contributed by atoms with Crippen LogP contribution in [0.3, 0.4) is 0 Å². The Hall–Kier alpha value is -3.18. The van der Waals surface area contributed by atoms with Crippen molar-refractivity contribution in [1.82, 2.24) is 0 Å². The van der Waals surface area contributed by atoms with Gasteiger partial charge in [0.2, 0.25) is 0 Å². The van der Waals surface area contributed by atoms with E-state index >= 15 is 0 Å². The van der Waals surface area contributed by atoms with Gasteiger partial charge in [0.1, 0.15) is 6.61 Å². The van der Waals surface area contributed by atoms with Gasteiger partial charge in [0.25, 0.3) is 0 Å². The highest BCUT2D eigenvalue weighted by molar-refractivity contribution is 6.18. The van der Waals surface area contributed by atoms with E-state index in [4.69, 9.17) is 14.2 Å². The smallest absolute Gasteiger partial charge is 0.339 e. The van der Waals surface area contributed by atoms with Gasteiger partial charge >= 0.3 is 11.9 Å². The Bertz CT molecular complexity index is 1070. The first-order valence-electron chi connectivity index (χ1n) is 8.57. The van der Waals surface area contributed by atoms with Crippen LogP contribution < -0.4 is 0 Å². The molecule has 0 saturated carbocycles. The number of carbonyl (C=O) groups excluding carboxylic acids is 2. The molecule has 0 unspecified atom stereocenters. The number of fused-ring (bicyclic) bond motifs is 2. The van der Waals surface area contributed by atoms with E-state index < -0.39 is 11.9 Å². The van der Waals surface area contributed by atoms with Crippen molar-refractivity contribution >= 4 is 22.7 Å². The van der Waals surface area contributed by atoms with E-state index in [2.05, 4.69) is 0 Å². The van der Waals surface area contributed by atoms with Crippen molar-refractivity contribution in [2.24, 2.45) is 0 Å². The van der Waals surface area contributed by atoms with Crippen molar-refractivity contribution in [2.45, 2.75) is 13.2 Å². The third-order valence-electron chi connectivity index (χ3n) is 4.85. The predicted octanol–water partition coefficient (Wildman–Crippen LogP) is 4.11. The minimum atomic E-state index is -0.475. The zero-order valence-corrected chi connectivity index (χ0v) is 15.1. The van der Waals surface area contributed by atoms with Crippen LogP contribution in [0.1, 0.15) is 31.8 Å². The Labute approximate surface area is 156 Å². The van der Waals surface area contributed by atoms with E-state index in [0.29, 0.717) is 23.3 Å². The highest BCUT2D eigenvalue weighted by atomic mass is 16.5. The monoisotopic (exact) mass is 362 g/mol. The maximum absolute atomic E-state index is 12.6. The second-order valence-electron chi connectivity index (χ2n) is 6.31. The number of hydrogen-bond donors (Lipinski definition) is 0. The van der Waals surface area contributed by atoms with Crippen LogP contribution in [-0.2, 0) is 27.4 Å². The van der Waals surface area contributed by atoms with Crippen molar-refractivity contribution in [3.05, 3.63) is 70.8 Å². The second kappa shape index (κ2) is 6.85. The van der Waals surface area contributed by atoms with Crippen LogP contribution in [-0.4, -0.2) is 26.2 Å². The number of cyclic esters (lactones) is 1. The Kier molecular flexibility index (Phi) is 4.38. The van der Waals surface area contributed by atoms with Crippen LogP contribution >= 0.6 is 0 Å². The van der Waals surface area contributed by atoms with Crippen LogP contribution in [0.2, 0.25) is 0 Å². The summed E-state index contributed by atoms with van der Waals surface area (Å²) in [6.07, 6.45) is 0. The number of benzene rings is 3. The Balaban J connectivity index is 2.16. The molecule has 0 aliphatic carbocycles. The molecule has 0 amide bonds. The number of methoxy groups -OCH3 is 2. The second-order valence-corrected chi connectivity index (χ2v) is 6.31. The molecule has 5 nitrogen and oxygen atoms in total. The normalized spacial score (nSPS) is 12.7. The first-order valence-corrected chi connectivity index (χ1v) is 8.57. The van der Waals surface area contributed by atoms with Gasteiger partial charge in [0.15, 0.2) is 0 Å². The molecule has 0 N–H and O–H groups in total. The molecule has 3 aromatic carbocycles. The zero-order valence-electron chi connectivity index (χ0n) is 15.1. The summed E-state index contributed by atoms with van der Waals surface area (Å²) in [4.78, 5) is 25.1. The Morgan fingerprint density at radius 3 is 2.44 bits per heavy atom. The summed E-state index contributed by atoms with van der Waals surface area (Å²) in [5.74, 6) is -0.902. The number of ether oxygens (including phenoxy) is 3. The summed E-state index contributed by atoms with van der Waals surface area (Å²) in [6, 6.07) is 15.3. The molecule has 0 radical (unpaired) electrons. The molecule has 1 aliphatic heterocycles. The van der Waals surface area contributed by atoms with Gasteiger partial charge in [-0.3, -0.25) is 0 Å². The minimum absolute atomic E-state index is 0.0584. The molecule has 3 aromatic rings. The lowest BCUT2D eigenvalue weighted by molar-refractivity contribution is 0.0525. The van der Waals surface area contributed by atoms with Crippen molar-refractivity contribution in [3.8, 4) is 11.1 Å². The van der Waals surface area contributed by atoms with Crippen LogP contribution in [0, 0.1) is 0 Å². The number of esters is 2. The average molecular weight is 362 g/mol. The molecule has 1 heterocycles. The van der Waals surface area contributed by atoms with Gasteiger partial charge in [-0.25, -0.2) is 9.59 Å². The van der Waals surface area contributed by atoms with Gasteiger partial charge in [0, 0.05) is 18.2 Å². The first-order chi connectivity index (χ1) is 13.2. The molecular formula is C22H18O5. The molecule has 4 rings (SSSR count). The van der Waals surface area contributed by atoms with Gasteiger partial charge in [-0.15, -0.1) is 0 Å². The summed E-state index contributed by atoms with van der Waals surface area (Å²) < 4.78 is 15.6. The van der Waals surface area contributed by atoms with Crippen LogP contribution in [0.15, 0.2) is 48.5 Å². The number of carbonyl (C=O) groups is 2. The summed E-state index contributed by atoms with van der Waals surface area (Å²) in [6.45, 7) is 0.468. The van der Waals surface area contributed by atoms with Crippen LogP contribution in [0.5, 0.6) is 0 Å². The predicted molar refractivity (Wildman–Crippen MR) is 101 cm³/mol. The average Bonchev–Trinajstić information content (AvgIpc) is 3.07. The molecule has 1 aliphatic rings. The van der Waals surface area contributed by atoms with E-state index in [-0.39, 0.29) is 6.61 Å². The molecule has 0 spiro atoms. The largest absolute Gasteiger partial charge is 0.465 e. The molecule has 0 bridgehead atoms. The quantitative estimate of drug-likeness (QED) is 0.654. The zero-order chi connectivity index (χ0) is 19.0. The van der Waals surface area contributed by atoms with Crippen molar-refractivity contribution in [3.63, 3.8) is 0 Å². The SMILES string of the molecule is COCc1ccccc1-c1c2c(c(C(=O)OC)c3ccccc13)COC2=O.